The lowest BCUT2D eigenvalue weighted by atomic mass is 9.96. The lowest BCUT2D eigenvalue weighted by Crippen LogP contribution is -2.39. The maximum atomic E-state index is 12.5. The summed E-state index contributed by atoms with van der Waals surface area (Å²) in [6.45, 7) is 6.65. The maximum absolute atomic E-state index is 12.5. The minimum absolute atomic E-state index is 0.00318. The summed E-state index contributed by atoms with van der Waals surface area (Å²) in [6, 6.07) is 0. The van der Waals surface area contributed by atoms with Crippen molar-refractivity contribution < 1.29 is 4.79 Å². The Bertz CT molecular complexity index is 755. The second kappa shape index (κ2) is 6.58. The molecule has 2 aromatic heterocycles. The van der Waals surface area contributed by atoms with Crippen LogP contribution in [0.15, 0.2) is 18.6 Å². The second-order valence-corrected chi connectivity index (χ2v) is 7.42. The molecule has 2 aromatic rings. The van der Waals surface area contributed by atoms with Crippen LogP contribution in [0.25, 0.3) is 0 Å². The van der Waals surface area contributed by atoms with Gasteiger partial charge in [0.2, 0.25) is 0 Å². The fourth-order valence-corrected chi connectivity index (χ4v) is 3.63. The molecule has 0 N–H and O–H groups in total. The van der Waals surface area contributed by atoms with Crippen molar-refractivity contribution in [3.05, 3.63) is 41.5 Å². The molecular weight excluding hydrogens is 314 g/mol. The van der Waals surface area contributed by atoms with Crippen molar-refractivity contribution in [3.63, 3.8) is 0 Å². The molecule has 0 bridgehead atoms. The highest BCUT2D eigenvalue weighted by atomic mass is 16.2. The van der Waals surface area contributed by atoms with Gasteiger partial charge in [-0.3, -0.25) is 9.78 Å². The Kier molecular flexibility index (Phi) is 4.27. The summed E-state index contributed by atoms with van der Waals surface area (Å²) in [7, 11) is 0. The predicted molar refractivity (Wildman–Crippen MR) is 94.3 cm³/mol. The summed E-state index contributed by atoms with van der Waals surface area (Å²) >= 11 is 0. The molecule has 0 atom stereocenters. The van der Waals surface area contributed by atoms with E-state index in [-0.39, 0.29) is 5.91 Å². The minimum atomic E-state index is 0.00318. The van der Waals surface area contributed by atoms with E-state index in [9.17, 15) is 4.79 Å². The van der Waals surface area contributed by atoms with Crippen LogP contribution < -0.4 is 0 Å². The first-order valence-electron chi connectivity index (χ1n) is 9.21. The third-order valence-electron chi connectivity index (χ3n) is 5.37. The van der Waals surface area contributed by atoms with Gasteiger partial charge in [0.15, 0.2) is 0 Å². The van der Waals surface area contributed by atoms with Crippen molar-refractivity contribution in [2.24, 2.45) is 5.92 Å². The first-order chi connectivity index (χ1) is 12.1. The lowest BCUT2D eigenvalue weighted by Gasteiger charge is -2.32. The predicted octanol–water partition coefficient (Wildman–Crippen LogP) is 2.72. The molecule has 1 amide bonds. The number of hydrogen-bond acceptors (Lipinski definition) is 4. The SMILES string of the molecule is Cc1cnc(C(=O)N2CCC(Cn3c(C)cnc3C3CC3)CC2)cn1. The van der Waals surface area contributed by atoms with Crippen LogP contribution in [0.4, 0.5) is 0 Å². The molecule has 6 heteroatoms. The van der Waals surface area contributed by atoms with Gasteiger partial charge < -0.3 is 9.47 Å². The molecule has 0 radical (unpaired) electrons. The standard InChI is InChI=1S/C19H25N5O/c1-13-9-21-17(11-20-13)19(25)23-7-5-15(6-8-23)12-24-14(2)10-22-18(24)16-3-4-16/h9-11,15-16H,3-8,12H2,1-2H3. The Balaban J connectivity index is 1.36. The van der Waals surface area contributed by atoms with E-state index in [4.69, 9.17) is 0 Å². The highest BCUT2D eigenvalue weighted by molar-refractivity contribution is 5.92. The molecule has 1 aliphatic heterocycles. The molecule has 2 fully saturated rings. The van der Waals surface area contributed by atoms with Gasteiger partial charge >= 0.3 is 0 Å². The number of carbonyl (C=O) groups is 1. The lowest BCUT2D eigenvalue weighted by molar-refractivity contribution is 0.0675. The third kappa shape index (κ3) is 3.43. The van der Waals surface area contributed by atoms with Crippen molar-refractivity contribution in [2.45, 2.75) is 52.0 Å². The largest absolute Gasteiger partial charge is 0.337 e. The molecule has 0 aromatic carbocycles. The van der Waals surface area contributed by atoms with E-state index in [1.54, 1.807) is 12.4 Å². The first kappa shape index (κ1) is 16.2. The minimum Gasteiger partial charge on any atom is -0.337 e. The Labute approximate surface area is 148 Å². The van der Waals surface area contributed by atoms with Crippen molar-refractivity contribution >= 4 is 5.91 Å². The van der Waals surface area contributed by atoms with E-state index in [1.807, 2.05) is 18.0 Å². The molecule has 1 saturated carbocycles. The van der Waals surface area contributed by atoms with Crippen LogP contribution in [0.3, 0.4) is 0 Å². The van der Waals surface area contributed by atoms with Crippen LogP contribution in [0.5, 0.6) is 0 Å². The van der Waals surface area contributed by atoms with Crippen LogP contribution in [0.1, 0.15) is 59.3 Å². The second-order valence-electron chi connectivity index (χ2n) is 7.42. The zero-order valence-electron chi connectivity index (χ0n) is 15.0. The average Bonchev–Trinajstić information content (AvgIpc) is 3.41. The summed E-state index contributed by atoms with van der Waals surface area (Å²) < 4.78 is 2.41. The van der Waals surface area contributed by atoms with Crippen LogP contribution in [0.2, 0.25) is 0 Å². The molecule has 2 aliphatic rings. The number of piperidine rings is 1. The molecule has 0 spiro atoms. The number of hydrogen-bond donors (Lipinski definition) is 0. The van der Waals surface area contributed by atoms with Crippen LogP contribution in [-0.4, -0.2) is 43.4 Å². The summed E-state index contributed by atoms with van der Waals surface area (Å²) in [5.41, 5.74) is 2.54. The van der Waals surface area contributed by atoms with Gasteiger partial charge in [-0.2, -0.15) is 0 Å². The number of likely N-dealkylation sites (tertiary alicyclic amines) is 1. The van der Waals surface area contributed by atoms with E-state index in [0.29, 0.717) is 17.5 Å². The fraction of sp³-hybridized carbons (Fsp3) is 0.579. The summed E-state index contributed by atoms with van der Waals surface area (Å²) in [5, 5.41) is 0. The van der Waals surface area contributed by atoms with Crippen molar-refractivity contribution in [1.82, 2.24) is 24.4 Å². The topological polar surface area (TPSA) is 63.9 Å². The molecule has 0 unspecified atom stereocenters. The molecular formula is C19H25N5O. The number of amides is 1. The molecule has 4 rings (SSSR count). The Morgan fingerprint density at radius 1 is 1.04 bits per heavy atom. The summed E-state index contributed by atoms with van der Waals surface area (Å²) in [5.74, 6) is 2.56. The van der Waals surface area contributed by atoms with E-state index >= 15 is 0 Å². The number of carbonyl (C=O) groups excluding carboxylic acids is 1. The summed E-state index contributed by atoms with van der Waals surface area (Å²) in [4.78, 5) is 27.5. The van der Waals surface area contributed by atoms with Gasteiger partial charge in [-0.1, -0.05) is 0 Å². The van der Waals surface area contributed by atoms with Crippen molar-refractivity contribution in [3.8, 4) is 0 Å². The fourth-order valence-electron chi connectivity index (χ4n) is 3.63. The van der Waals surface area contributed by atoms with Gasteiger partial charge in [0.05, 0.1) is 11.9 Å². The third-order valence-corrected chi connectivity index (χ3v) is 5.37. The van der Waals surface area contributed by atoms with E-state index < -0.39 is 0 Å². The number of rotatable bonds is 4. The van der Waals surface area contributed by atoms with Gasteiger partial charge in [-0.05, 0) is 45.4 Å². The molecule has 25 heavy (non-hydrogen) atoms. The van der Waals surface area contributed by atoms with Crippen molar-refractivity contribution in [2.75, 3.05) is 13.1 Å². The molecule has 132 valence electrons. The molecule has 1 aliphatic carbocycles. The number of aromatic nitrogens is 4. The number of imidazole rings is 1. The smallest absolute Gasteiger partial charge is 0.274 e. The molecule has 3 heterocycles. The molecule has 6 nitrogen and oxygen atoms in total. The van der Waals surface area contributed by atoms with Gasteiger partial charge in [-0.25, -0.2) is 9.97 Å². The molecule has 1 saturated heterocycles. The Morgan fingerprint density at radius 3 is 2.44 bits per heavy atom. The van der Waals surface area contributed by atoms with Gasteiger partial charge in [-0.15, -0.1) is 0 Å². The van der Waals surface area contributed by atoms with Crippen LogP contribution in [0, 0.1) is 19.8 Å². The van der Waals surface area contributed by atoms with E-state index in [1.165, 1.54) is 24.4 Å². The van der Waals surface area contributed by atoms with Gasteiger partial charge in [0.25, 0.3) is 5.91 Å². The first-order valence-corrected chi connectivity index (χ1v) is 9.21. The zero-order chi connectivity index (χ0) is 17.4. The van der Waals surface area contributed by atoms with E-state index in [2.05, 4.69) is 26.4 Å². The zero-order valence-corrected chi connectivity index (χ0v) is 15.0. The summed E-state index contributed by atoms with van der Waals surface area (Å²) in [6.07, 6.45) is 9.87. The highest BCUT2D eigenvalue weighted by Crippen LogP contribution is 2.40. The Morgan fingerprint density at radius 2 is 1.80 bits per heavy atom. The average molecular weight is 339 g/mol. The van der Waals surface area contributed by atoms with Crippen LogP contribution in [-0.2, 0) is 6.54 Å². The maximum Gasteiger partial charge on any atom is 0.274 e. The van der Waals surface area contributed by atoms with Crippen molar-refractivity contribution in [1.29, 1.82) is 0 Å². The van der Waals surface area contributed by atoms with Gasteiger partial charge in [0, 0.05) is 43.6 Å². The monoisotopic (exact) mass is 339 g/mol. The normalized spacial score (nSPS) is 18.6. The Hall–Kier alpha value is -2.24. The van der Waals surface area contributed by atoms with Gasteiger partial charge in [0.1, 0.15) is 11.5 Å². The highest BCUT2D eigenvalue weighted by Gasteiger charge is 2.30. The van der Waals surface area contributed by atoms with E-state index in [0.717, 1.165) is 38.2 Å². The van der Waals surface area contributed by atoms with Crippen LogP contribution >= 0.6 is 0 Å². The number of aryl methyl sites for hydroxylation is 2. The number of nitrogens with zero attached hydrogens (tertiary/aromatic N) is 5. The quantitative estimate of drug-likeness (QED) is 0.859.